The molecule has 0 bridgehead atoms. The minimum atomic E-state index is -4.79. The maximum atomic E-state index is 12.1. The number of halogens is 4. The molecule has 0 radical (unpaired) electrons. The summed E-state index contributed by atoms with van der Waals surface area (Å²) < 4.78 is 40.0. The van der Waals surface area contributed by atoms with E-state index in [1.807, 2.05) is 0 Å². The van der Waals surface area contributed by atoms with Gasteiger partial charge < -0.3 is 4.74 Å². The Bertz CT molecular complexity index is 826. The molecule has 2 rings (SSSR count). The van der Waals surface area contributed by atoms with Crippen LogP contribution in [0.15, 0.2) is 53.6 Å². The molecule has 2 aromatic carbocycles. The summed E-state index contributed by atoms with van der Waals surface area (Å²) in [7, 11) is 0. The van der Waals surface area contributed by atoms with Crippen LogP contribution >= 0.6 is 11.6 Å². The van der Waals surface area contributed by atoms with Crippen molar-refractivity contribution in [3.05, 3.63) is 59.1 Å². The summed E-state index contributed by atoms with van der Waals surface area (Å²) >= 11 is 5.72. The second kappa shape index (κ2) is 7.68. The van der Waals surface area contributed by atoms with E-state index in [4.69, 9.17) is 16.9 Å². The smallest absolute Gasteiger partial charge is 0.406 e. The van der Waals surface area contributed by atoms with E-state index in [0.717, 1.165) is 12.1 Å². The molecular formula is C16H9ClF3N3O2. The van der Waals surface area contributed by atoms with Crippen molar-refractivity contribution in [2.24, 2.45) is 5.10 Å². The molecule has 0 saturated heterocycles. The van der Waals surface area contributed by atoms with Gasteiger partial charge in [0, 0.05) is 10.6 Å². The highest BCUT2D eigenvalue weighted by molar-refractivity contribution is 6.51. The largest absolute Gasteiger partial charge is 0.573 e. The van der Waals surface area contributed by atoms with Crippen LogP contribution in [0.2, 0.25) is 5.02 Å². The number of hydrogen-bond acceptors (Lipinski definition) is 5. The molecule has 0 spiro atoms. The Labute approximate surface area is 145 Å². The molecule has 0 heterocycles. The zero-order valence-corrected chi connectivity index (χ0v) is 13.1. The van der Waals surface area contributed by atoms with Gasteiger partial charge in [-0.1, -0.05) is 11.6 Å². The standard InChI is InChI=1S/C16H9ClF3N3O2/c17-11-3-1-10(2-4-11)15(24)14(9-21)23-22-12-5-7-13(8-6-12)25-16(18,19)20/h1-8,22H/b23-14-. The molecule has 0 unspecified atom stereocenters. The van der Waals surface area contributed by atoms with Crippen molar-refractivity contribution in [3.8, 4) is 11.8 Å². The number of anilines is 1. The topological polar surface area (TPSA) is 74.5 Å². The molecule has 0 amide bonds. The van der Waals surface area contributed by atoms with E-state index in [0.29, 0.717) is 5.02 Å². The van der Waals surface area contributed by atoms with Crippen molar-refractivity contribution < 1.29 is 22.7 Å². The lowest BCUT2D eigenvalue weighted by Crippen LogP contribution is -2.17. The Hall–Kier alpha value is -3.05. The zero-order valence-electron chi connectivity index (χ0n) is 12.3. The van der Waals surface area contributed by atoms with E-state index in [2.05, 4.69) is 15.3 Å². The number of carbonyl (C=O) groups excluding carboxylic acids is 1. The fourth-order valence-corrected chi connectivity index (χ4v) is 1.84. The van der Waals surface area contributed by atoms with Crippen LogP contribution in [0.3, 0.4) is 0 Å². The van der Waals surface area contributed by atoms with E-state index < -0.39 is 23.6 Å². The van der Waals surface area contributed by atoms with E-state index in [1.165, 1.54) is 36.4 Å². The Morgan fingerprint density at radius 2 is 1.72 bits per heavy atom. The number of hydrogen-bond donors (Lipinski definition) is 1. The Morgan fingerprint density at radius 3 is 2.24 bits per heavy atom. The van der Waals surface area contributed by atoms with Crippen LogP contribution in [0.1, 0.15) is 10.4 Å². The second-order valence-electron chi connectivity index (χ2n) is 4.59. The molecule has 2 aromatic rings. The van der Waals surface area contributed by atoms with Gasteiger partial charge in [-0.25, -0.2) is 0 Å². The molecular weight excluding hydrogens is 359 g/mol. The van der Waals surface area contributed by atoms with Gasteiger partial charge in [-0.3, -0.25) is 10.2 Å². The highest BCUT2D eigenvalue weighted by atomic mass is 35.5. The SMILES string of the molecule is N#C/C(=N/Nc1ccc(OC(F)(F)F)cc1)C(=O)c1ccc(Cl)cc1. The van der Waals surface area contributed by atoms with Crippen molar-refractivity contribution in [1.29, 1.82) is 5.26 Å². The van der Waals surface area contributed by atoms with Crippen LogP contribution in [0.5, 0.6) is 5.75 Å². The number of carbonyl (C=O) groups is 1. The van der Waals surface area contributed by atoms with E-state index in [1.54, 1.807) is 6.07 Å². The van der Waals surface area contributed by atoms with Crippen LogP contribution < -0.4 is 10.2 Å². The van der Waals surface area contributed by atoms with Crippen molar-refractivity contribution in [2.45, 2.75) is 6.36 Å². The number of ketones is 1. The summed E-state index contributed by atoms with van der Waals surface area (Å²) in [5.41, 5.74) is 2.50. The van der Waals surface area contributed by atoms with E-state index in [-0.39, 0.29) is 11.3 Å². The number of hydrazone groups is 1. The van der Waals surface area contributed by atoms with Crippen molar-refractivity contribution in [3.63, 3.8) is 0 Å². The third-order valence-electron chi connectivity index (χ3n) is 2.81. The van der Waals surface area contributed by atoms with Gasteiger partial charge >= 0.3 is 6.36 Å². The van der Waals surface area contributed by atoms with Gasteiger partial charge in [0.1, 0.15) is 11.8 Å². The maximum absolute atomic E-state index is 12.1. The monoisotopic (exact) mass is 367 g/mol. The fraction of sp³-hybridized carbons (Fsp3) is 0.0625. The lowest BCUT2D eigenvalue weighted by molar-refractivity contribution is -0.274. The number of nitriles is 1. The summed E-state index contributed by atoms with van der Waals surface area (Å²) in [5.74, 6) is -1.02. The van der Waals surface area contributed by atoms with Crippen LogP contribution in [-0.4, -0.2) is 17.9 Å². The van der Waals surface area contributed by atoms with Crippen molar-refractivity contribution in [1.82, 2.24) is 0 Å². The van der Waals surface area contributed by atoms with Gasteiger partial charge in [0.15, 0.2) is 0 Å². The second-order valence-corrected chi connectivity index (χ2v) is 5.03. The molecule has 0 saturated carbocycles. The summed E-state index contributed by atoms with van der Waals surface area (Å²) in [6, 6.07) is 12.2. The first-order valence-corrected chi connectivity index (χ1v) is 7.06. The van der Waals surface area contributed by atoms with Crippen molar-refractivity contribution >= 4 is 28.8 Å². The molecule has 25 heavy (non-hydrogen) atoms. The predicted molar refractivity (Wildman–Crippen MR) is 85.6 cm³/mol. The number of nitrogens with one attached hydrogen (secondary N) is 1. The number of Topliss-reactive ketones (excluding diaryl/α,β-unsaturated/α-hetero) is 1. The molecule has 9 heteroatoms. The first kappa shape index (κ1) is 18.3. The Morgan fingerprint density at radius 1 is 1.12 bits per heavy atom. The fourth-order valence-electron chi connectivity index (χ4n) is 1.72. The van der Waals surface area contributed by atoms with Crippen LogP contribution in [0.4, 0.5) is 18.9 Å². The number of benzene rings is 2. The molecule has 0 aliphatic rings. The van der Waals surface area contributed by atoms with E-state index in [9.17, 15) is 18.0 Å². The van der Waals surface area contributed by atoms with Gasteiger partial charge in [0.05, 0.1) is 5.69 Å². The molecule has 5 nitrogen and oxygen atoms in total. The summed E-state index contributed by atoms with van der Waals surface area (Å²) in [6.07, 6.45) is -4.79. The number of nitrogens with zero attached hydrogens (tertiary/aromatic N) is 2. The molecule has 0 aromatic heterocycles. The van der Waals surface area contributed by atoms with Gasteiger partial charge in [-0.15, -0.1) is 13.2 Å². The Kier molecular flexibility index (Phi) is 5.62. The number of ether oxygens (including phenoxy) is 1. The molecule has 128 valence electrons. The first-order valence-electron chi connectivity index (χ1n) is 6.68. The third kappa shape index (κ3) is 5.51. The van der Waals surface area contributed by atoms with Crippen LogP contribution in [-0.2, 0) is 0 Å². The minimum Gasteiger partial charge on any atom is -0.406 e. The first-order chi connectivity index (χ1) is 11.8. The average molecular weight is 368 g/mol. The molecule has 1 N–H and O–H groups in total. The highest BCUT2D eigenvalue weighted by Crippen LogP contribution is 2.24. The van der Waals surface area contributed by atoms with E-state index >= 15 is 0 Å². The third-order valence-corrected chi connectivity index (χ3v) is 3.06. The van der Waals surface area contributed by atoms with Gasteiger partial charge in [0.2, 0.25) is 11.5 Å². The number of alkyl halides is 3. The zero-order chi connectivity index (χ0) is 18.4. The lowest BCUT2D eigenvalue weighted by atomic mass is 10.1. The lowest BCUT2D eigenvalue weighted by Gasteiger charge is -2.09. The maximum Gasteiger partial charge on any atom is 0.573 e. The molecule has 0 aliphatic carbocycles. The van der Waals surface area contributed by atoms with Crippen molar-refractivity contribution in [2.75, 3.05) is 5.43 Å². The summed E-state index contributed by atoms with van der Waals surface area (Å²) in [4.78, 5) is 12.1. The number of rotatable bonds is 5. The predicted octanol–water partition coefficient (Wildman–Crippen LogP) is 4.41. The molecule has 0 aliphatic heterocycles. The summed E-state index contributed by atoms with van der Waals surface area (Å²) in [6.45, 7) is 0. The minimum absolute atomic E-state index is 0.223. The quantitative estimate of drug-likeness (QED) is 0.482. The highest BCUT2D eigenvalue weighted by Gasteiger charge is 2.30. The normalized spacial score (nSPS) is 11.6. The van der Waals surface area contributed by atoms with Gasteiger partial charge in [-0.05, 0) is 48.5 Å². The molecule has 0 fully saturated rings. The average Bonchev–Trinajstić information content (AvgIpc) is 2.56. The van der Waals surface area contributed by atoms with Crippen LogP contribution in [0.25, 0.3) is 0 Å². The molecule has 0 atom stereocenters. The van der Waals surface area contributed by atoms with Gasteiger partial charge in [0.25, 0.3) is 0 Å². The summed E-state index contributed by atoms with van der Waals surface area (Å²) in [5, 5.41) is 13.2. The van der Waals surface area contributed by atoms with Crippen LogP contribution in [0, 0.1) is 11.3 Å². The Balaban J connectivity index is 2.09. The van der Waals surface area contributed by atoms with Gasteiger partial charge in [-0.2, -0.15) is 10.4 Å².